The van der Waals surface area contributed by atoms with Gasteiger partial charge < -0.3 is 9.64 Å². The quantitative estimate of drug-likeness (QED) is 0.837. The highest BCUT2D eigenvalue weighted by Gasteiger charge is 2.41. The first-order valence-corrected chi connectivity index (χ1v) is 7.06. The van der Waals surface area contributed by atoms with Crippen molar-refractivity contribution in [2.75, 3.05) is 20.3 Å². The first kappa shape index (κ1) is 13.5. The number of alkyl halides is 1. The molecule has 1 aliphatic heterocycles. The van der Waals surface area contributed by atoms with E-state index in [0.717, 1.165) is 12.1 Å². The highest BCUT2D eigenvalue weighted by molar-refractivity contribution is 5.80. The molecule has 2 aliphatic rings. The lowest BCUT2D eigenvalue weighted by Gasteiger charge is -2.40. The van der Waals surface area contributed by atoms with Crippen molar-refractivity contribution in [3.63, 3.8) is 0 Å². The van der Waals surface area contributed by atoms with Gasteiger partial charge in [0, 0.05) is 26.6 Å². The summed E-state index contributed by atoms with van der Waals surface area (Å²) in [6, 6.07) is -0.109. The largest absolute Gasteiger partial charge is 0.382 e. The first-order valence-electron chi connectivity index (χ1n) is 7.06. The van der Waals surface area contributed by atoms with Crippen molar-refractivity contribution in [1.29, 1.82) is 0 Å². The van der Waals surface area contributed by atoms with Gasteiger partial charge in [-0.1, -0.05) is 0 Å². The lowest BCUT2D eigenvalue weighted by Crippen LogP contribution is -2.48. The van der Waals surface area contributed by atoms with E-state index in [4.69, 9.17) is 4.74 Å². The molecule has 1 atom stereocenters. The molecular weight excluding hydrogens is 261 g/mol. The minimum absolute atomic E-state index is 0.0628. The molecule has 0 N–H and O–H groups in total. The van der Waals surface area contributed by atoms with E-state index < -0.39 is 6.17 Å². The fraction of sp³-hybridized carbons (Fsp3) is 0.714. The van der Waals surface area contributed by atoms with Crippen LogP contribution in [0.3, 0.4) is 0 Å². The van der Waals surface area contributed by atoms with Crippen LogP contribution in [0.5, 0.6) is 0 Å². The van der Waals surface area contributed by atoms with Gasteiger partial charge in [0.05, 0.1) is 24.5 Å². The number of carbonyl (C=O) groups excluding carboxylic acids is 1. The molecule has 1 unspecified atom stereocenters. The average molecular weight is 281 g/mol. The fourth-order valence-corrected chi connectivity index (χ4v) is 3.23. The SMILES string of the molecule is COCC1c2c(cnn2C)CCN1C(=O)C1CC(F)C1. The van der Waals surface area contributed by atoms with E-state index in [-0.39, 0.29) is 17.9 Å². The molecule has 5 nitrogen and oxygen atoms in total. The molecule has 0 aromatic carbocycles. The monoisotopic (exact) mass is 281 g/mol. The smallest absolute Gasteiger partial charge is 0.226 e. The summed E-state index contributed by atoms with van der Waals surface area (Å²) in [7, 11) is 3.52. The van der Waals surface area contributed by atoms with Gasteiger partial charge in [-0.3, -0.25) is 9.48 Å². The number of ether oxygens (including phenoxy) is 1. The normalized spacial score (nSPS) is 28.9. The Bertz CT molecular complexity index is 511. The van der Waals surface area contributed by atoms with E-state index in [1.807, 2.05) is 22.8 Å². The zero-order valence-electron chi connectivity index (χ0n) is 11.9. The molecule has 1 saturated carbocycles. The summed E-state index contributed by atoms with van der Waals surface area (Å²) in [6.07, 6.45) is 2.60. The van der Waals surface area contributed by atoms with E-state index in [1.54, 1.807) is 7.11 Å². The molecule has 0 radical (unpaired) electrons. The van der Waals surface area contributed by atoms with Crippen LogP contribution in [0.1, 0.15) is 30.1 Å². The predicted octanol–water partition coefficient (Wildman–Crippen LogP) is 1.24. The van der Waals surface area contributed by atoms with E-state index >= 15 is 0 Å². The number of rotatable bonds is 3. The Hall–Kier alpha value is -1.43. The van der Waals surface area contributed by atoms with Crippen LogP contribution in [-0.2, 0) is 23.0 Å². The van der Waals surface area contributed by atoms with Gasteiger partial charge in [0.2, 0.25) is 5.91 Å². The number of aromatic nitrogens is 2. The predicted molar refractivity (Wildman–Crippen MR) is 70.9 cm³/mol. The Kier molecular flexibility index (Phi) is 3.50. The minimum Gasteiger partial charge on any atom is -0.382 e. The molecule has 1 aliphatic carbocycles. The number of aryl methyl sites for hydroxylation is 1. The van der Waals surface area contributed by atoms with Crippen molar-refractivity contribution in [2.45, 2.75) is 31.5 Å². The second kappa shape index (κ2) is 5.16. The molecule has 1 aromatic heterocycles. The fourth-order valence-electron chi connectivity index (χ4n) is 3.23. The Morgan fingerprint density at radius 1 is 1.55 bits per heavy atom. The van der Waals surface area contributed by atoms with Gasteiger partial charge in [0.25, 0.3) is 0 Å². The molecule has 1 amide bonds. The molecule has 1 aromatic rings. The van der Waals surface area contributed by atoms with Crippen LogP contribution in [0.25, 0.3) is 0 Å². The summed E-state index contributed by atoms with van der Waals surface area (Å²) in [5.41, 5.74) is 2.22. The summed E-state index contributed by atoms with van der Waals surface area (Å²) in [5, 5.41) is 4.28. The zero-order valence-corrected chi connectivity index (χ0v) is 11.9. The number of nitrogens with zero attached hydrogens (tertiary/aromatic N) is 3. The number of hydrogen-bond acceptors (Lipinski definition) is 3. The van der Waals surface area contributed by atoms with Crippen LogP contribution < -0.4 is 0 Å². The van der Waals surface area contributed by atoms with Crippen molar-refractivity contribution in [3.05, 3.63) is 17.5 Å². The molecule has 6 heteroatoms. The molecular formula is C14H20FN3O2. The van der Waals surface area contributed by atoms with E-state index in [9.17, 15) is 9.18 Å². The van der Waals surface area contributed by atoms with Crippen molar-refractivity contribution in [1.82, 2.24) is 14.7 Å². The van der Waals surface area contributed by atoms with Crippen LogP contribution in [0, 0.1) is 5.92 Å². The van der Waals surface area contributed by atoms with Gasteiger partial charge >= 0.3 is 0 Å². The number of halogens is 1. The standard InChI is InChI=1S/C14H20FN3O2/c1-17-13-9(7-16-17)3-4-18(12(13)8-20-2)14(19)10-5-11(15)6-10/h7,10-12H,3-6,8H2,1-2H3. The summed E-state index contributed by atoms with van der Waals surface area (Å²) >= 11 is 0. The molecule has 0 saturated heterocycles. The Labute approximate surface area is 117 Å². The van der Waals surface area contributed by atoms with E-state index in [1.165, 1.54) is 5.56 Å². The van der Waals surface area contributed by atoms with Crippen LogP contribution in [0.2, 0.25) is 0 Å². The Morgan fingerprint density at radius 3 is 2.95 bits per heavy atom. The topological polar surface area (TPSA) is 47.4 Å². The van der Waals surface area contributed by atoms with Crippen molar-refractivity contribution < 1.29 is 13.9 Å². The van der Waals surface area contributed by atoms with Crippen molar-refractivity contribution in [2.24, 2.45) is 13.0 Å². The van der Waals surface area contributed by atoms with Crippen LogP contribution >= 0.6 is 0 Å². The summed E-state index contributed by atoms with van der Waals surface area (Å²) < 4.78 is 20.1. The molecule has 3 rings (SSSR count). The molecule has 20 heavy (non-hydrogen) atoms. The third kappa shape index (κ3) is 2.12. The molecule has 0 bridgehead atoms. The number of amides is 1. The number of fused-ring (bicyclic) bond motifs is 1. The Balaban J connectivity index is 1.84. The summed E-state index contributed by atoms with van der Waals surface area (Å²) in [5.74, 6) is -0.0908. The van der Waals surface area contributed by atoms with Crippen molar-refractivity contribution >= 4 is 5.91 Å². The number of methoxy groups -OCH3 is 1. The second-order valence-electron chi connectivity index (χ2n) is 5.70. The Morgan fingerprint density at radius 2 is 2.30 bits per heavy atom. The maximum absolute atomic E-state index is 13.0. The van der Waals surface area contributed by atoms with Crippen LogP contribution in [-0.4, -0.2) is 47.0 Å². The van der Waals surface area contributed by atoms with Gasteiger partial charge in [-0.2, -0.15) is 5.10 Å². The maximum Gasteiger partial charge on any atom is 0.226 e. The molecule has 2 heterocycles. The third-order valence-corrected chi connectivity index (χ3v) is 4.42. The highest BCUT2D eigenvalue weighted by atomic mass is 19.1. The van der Waals surface area contributed by atoms with Gasteiger partial charge in [-0.15, -0.1) is 0 Å². The second-order valence-corrected chi connectivity index (χ2v) is 5.70. The van der Waals surface area contributed by atoms with Crippen molar-refractivity contribution in [3.8, 4) is 0 Å². The highest BCUT2D eigenvalue weighted by Crippen LogP contribution is 2.36. The van der Waals surface area contributed by atoms with Gasteiger partial charge in [-0.25, -0.2) is 4.39 Å². The number of hydrogen-bond donors (Lipinski definition) is 0. The lowest BCUT2D eigenvalue weighted by molar-refractivity contribution is -0.145. The maximum atomic E-state index is 13.0. The lowest BCUT2D eigenvalue weighted by atomic mass is 9.81. The van der Waals surface area contributed by atoms with E-state index in [2.05, 4.69) is 5.10 Å². The van der Waals surface area contributed by atoms with Gasteiger partial charge in [-0.05, 0) is 24.8 Å². The zero-order chi connectivity index (χ0) is 14.3. The van der Waals surface area contributed by atoms with Gasteiger partial charge in [0.1, 0.15) is 6.17 Å². The molecule has 1 fully saturated rings. The summed E-state index contributed by atoms with van der Waals surface area (Å²) in [6.45, 7) is 1.11. The van der Waals surface area contributed by atoms with Gasteiger partial charge in [0.15, 0.2) is 0 Å². The van der Waals surface area contributed by atoms with Crippen LogP contribution in [0.15, 0.2) is 6.20 Å². The summed E-state index contributed by atoms with van der Waals surface area (Å²) in [4.78, 5) is 14.4. The first-order chi connectivity index (χ1) is 9.61. The average Bonchev–Trinajstić information content (AvgIpc) is 2.77. The number of carbonyl (C=O) groups is 1. The third-order valence-electron chi connectivity index (χ3n) is 4.42. The minimum atomic E-state index is -0.804. The molecule has 110 valence electrons. The van der Waals surface area contributed by atoms with Crippen LogP contribution in [0.4, 0.5) is 4.39 Å². The van der Waals surface area contributed by atoms with E-state index in [0.29, 0.717) is 26.0 Å². The molecule has 0 spiro atoms.